The molecule has 3 aromatic rings. The first-order chi connectivity index (χ1) is 13.4. The van der Waals surface area contributed by atoms with Crippen molar-refractivity contribution in [3.63, 3.8) is 0 Å². The van der Waals surface area contributed by atoms with Gasteiger partial charge in [0.2, 0.25) is 0 Å². The van der Waals surface area contributed by atoms with E-state index in [-0.39, 0.29) is 4.92 Å². The maximum atomic E-state index is 12.6. The molecule has 0 atom stereocenters. The standard InChI is InChI=1S/C23H25N3O2/c1-24(2)21-14-10-19(11-15-21)23(26(27)28,18-8-6-5-7-9-18)20-12-16-22(17-13-20)25(3)4/h5-17H,1-4H3. The third kappa shape index (κ3) is 3.31. The second-order valence-corrected chi connectivity index (χ2v) is 7.22. The van der Waals surface area contributed by atoms with Crippen LogP contribution in [0.3, 0.4) is 0 Å². The van der Waals surface area contributed by atoms with Crippen LogP contribution in [0.4, 0.5) is 11.4 Å². The van der Waals surface area contributed by atoms with Crippen molar-refractivity contribution in [1.82, 2.24) is 0 Å². The fourth-order valence-electron chi connectivity index (χ4n) is 3.50. The van der Waals surface area contributed by atoms with Crippen molar-refractivity contribution in [2.24, 2.45) is 0 Å². The number of nitro groups is 1. The van der Waals surface area contributed by atoms with E-state index in [9.17, 15) is 10.1 Å². The number of hydrogen-bond acceptors (Lipinski definition) is 4. The molecule has 0 amide bonds. The van der Waals surface area contributed by atoms with Crippen molar-refractivity contribution in [2.75, 3.05) is 38.0 Å². The third-order valence-electron chi connectivity index (χ3n) is 5.07. The van der Waals surface area contributed by atoms with Crippen molar-refractivity contribution in [1.29, 1.82) is 0 Å². The van der Waals surface area contributed by atoms with E-state index in [2.05, 4.69) is 0 Å². The van der Waals surface area contributed by atoms with E-state index in [1.807, 2.05) is 117 Å². The molecule has 5 heteroatoms. The van der Waals surface area contributed by atoms with Crippen LogP contribution in [0, 0.1) is 10.1 Å². The van der Waals surface area contributed by atoms with Gasteiger partial charge in [-0.2, -0.15) is 0 Å². The van der Waals surface area contributed by atoms with Crippen LogP contribution in [0.5, 0.6) is 0 Å². The summed E-state index contributed by atoms with van der Waals surface area (Å²) in [5.41, 5.74) is 2.42. The lowest BCUT2D eigenvalue weighted by Crippen LogP contribution is -2.38. The molecule has 0 aliphatic rings. The normalized spacial score (nSPS) is 11.1. The minimum absolute atomic E-state index is 0.183. The minimum atomic E-state index is -1.48. The summed E-state index contributed by atoms with van der Waals surface area (Å²) in [7, 11) is 7.81. The fraction of sp³-hybridized carbons (Fsp3) is 0.217. The molecule has 3 rings (SSSR count). The van der Waals surface area contributed by atoms with Crippen LogP contribution in [-0.2, 0) is 5.54 Å². The molecule has 0 fully saturated rings. The zero-order valence-electron chi connectivity index (χ0n) is 16.7. The van der Waals surface area contributed by atoms with Crippen LogP contribution in [0.25, 0.3) is 0 Å². The molecule has 0 saturated heterocycles. The molecule has 0 aliphatic carbocycles. The summed E-state index contributed by atoms with van der Waals surface area (Å²) < 4.78 is 0. The second-order valence-electron chi connectivity index (χ2n) is 7.22. The Morgan fingerprint density at radius 2 is 1.00 bits per heavy atom. The summed E-state index contributed by atoms with van der Waals surface area (Å²) in [5.74, 6) is 0. The van der Waals surface area contributed by atoms with Gasteiger partial charge in [0.25, 0.3) is 5.54 Å². The van der Waals surface area contributed by atoms with Crippen LogP contribution in [0.15, 0.2) is 78.9 Å². The molecule has 144 valence electrons. The topological polar surface area (TPSA) is 49.6 Å². The molecule has 0 unspecified atom stereocenters. The molecule has 28 heavy (non-hydrogen) atoms. The van der Waals surface area contributed by atoms with E-state index >= 15 is 0 Å². The molecule has 0 heterocycles. The van der Waals surface area contributed by atoms with Crippen molar-refractivity contribution in [3.8, 4) is 0 Å². The first-order valence-electron chi connectivity index (χ1n) is 9.13. The zero-order valence-corrected chi connectivity index (χ0v) is 16.7. The summed E-state index contributed by atoms with van der Waals surface area (Å²) in [6.45, 7) is 0. The lowest BCUT2D eigenvalue weighted by atomic mass is 9.77. The van der Waals surface area contributed by atoms with Gasteiger partial charge in [0.15, 0.2) is 0 Å². The molecule has 0 saturated carbocycles. The van der Waals surface area contributed by atoms with Crippen LogP contribution in [0.1, 0.15) is 16.7 Å². The number of rotatable bonds is 6. The van der Waals surface area contributed by atoms with Crippen LogP contribution in [0.2, 0.25) is 0 Å². The molecule has 0 aliphatic heterocycles. The van der Waals surface area contributed by atoms with E-state index in [4.69, 9.17) is 0 Å². The Morgan fingerprint density at radius 1 is 0.643 bits per heavy atom. The predicted molar refractivity (Wildman–Crippen MR) is 115 cm³/mol. The largest absolute Gasteiger partial charge is 0.378 e. The third-order valence-corrected chi connectivity index (χ3v) is 5.07. The summed E-state index contributed by atoms with van der Waals surface area (Å²) in [6, 6.07) is 24.3. The Morgan fingerprint density at radius 3 is 1.32 bits per heavy atom. The maximum Gasteiger partial charge on any atom is 0.297 e. The van der Waals surface area contributed by atoms with E-state index in [0.29, 0.717) is 16.7 Å². The van der Waals surface area contributed by atoms with Crippen molar-refractivity contribution >= 4 is 11.4 Å². The Labute approximate surface area is 166 Å². The molecule has 0 aromatic heterocycles. The lowest BCUT2D eigenvalue weighted by Gasteiger charge is -2.28. The zero-order chi connectivity index (χ0) is 20.3. The Kier molecular flexibility index (Phi) is 5.36. The Bertz CT molecular complexity index is 882. The summed E-state index contributed by atoms with van der Waals surface area (Å²) >= 11 is 0. The van der Waals surface area contributed by atoms with E-state index in [1.54, 1.807) is 0 Å². The lowest BCUT2D eigenvalue weighted by molar-refractivity contribution is -0.553. The summed E-state index contributed by atoms with van der Waals surface area (Å²) in [5, 5.41) is 12.6. The molecule has 5 nitrogen and oxygen atoms in total. The van der Waals surface area contributed by atoms with E-state index in [1.165, 1.54) is 0 Å². The number of anilines is 2. The van der Waals surface area contributed by atoms with Crippen LogP contribution < -0.4 is 9.80 Å². The molecule has 0 N–H and O–H groups in total. The van der Waals surface area contributed by atoms with Crippen molar-refractivity contribution in [2.45, 2.75) is 5.54 Å². The summed E-state index contributed by atoms with van der Waals surface area (Å²) in [4.78, 5) is 16.4. The Hall–Kier alpha value is -3.34. The van der Waals surface area contributed by atoms with Gasteiger partial charge in [-0.3, -0.25) is 10.1 Å². The highest BCUT2D eigenvalue weighted by molar-refractivity contribution is 5.55. The first-order valence-corrected chi connectivity index (χ1v) is 9.13. The highest BCUT2D eigenvalue weighted by Gasteiger charge is 2.48. The molecule has 0 radical (unpaired) electrons. The average Bonchev–Trinajstić information content (AvgIpc) is 2.70. The van der Waals surface area contributed by atoms with Gasteiger partial charge >= 0.3 is 0 Å². The van der Waals surface area contributed by atoms with E-state index < -0.39 is 5.54 Å². The smallest absolute Gasteiger partial charge is 0.297 e. The highest BCUT2D eigenvalue weighted by atomic mass is 16.6. The SMILES string of the molecule is CN(C)c1ccc(C(c2ccccc2)(c2ccc(N(C)C)cc2)[N+](=O)[O-])cc1. The van der Waals surface area contributed by atoms with Gasteiger partial charge in [0.1, 0.15) is 0 Å². The highest BCUT2D eigenvalue weighted by Crippen LogP contribution is 2.40. The Balaban J connectivity index is 2.27. The van der Waals surface area contributed by atoms with Gasteiger partial charge in [-0.25, -0.2) is 0 Å². The first kappa shape index (κ1) is 19.4. The van der Waals surface area contributed by atoms with Crippen LogP contribution >= 0.6 is 0 Å². The molecule has 0 bridgehead atoms. The minimum Gasteiger partial charge on any atom is -0.378 e. The quantitative estimate of drug-likeness (QED) is 0.364. The fourth-order valence-corrected chi connectivity index (χ4v) is 3.50. The molecular weight excluding hydrogens is 350 g/mol. The van der Waals surface area contributed by atoms with Gasteiger partial charge in [-0.05, 0) is 48.5 Å². The van der Waals surface area contributed by atoms with E-state index in [0.717, 1.165) is 11.4 Å². The van der Waals surface area contributed by atoms with Crippen LogP contribution in [-0.4, -0.2) is 33.1 Å². The number of nitrogens with zero attached hydrogens (tertiary/aromatic N) is 3. The summed E-state index contributed by atoms with van der Waals surface area (Å²) in [6.07, 6.45) is 0. The number of benzene rings is 3. The van der Waals surface area contributed by atoms with Gasteiger partial charge in [0.05, 0.1) is 0 Å². The number of hydrogen-bond donors (Lipinski definition) is 0. The van der Waals surface area contributed by atoms with Gasteiger partial charge < -0.3 is 9.80 Å². The monoisotopic (exact) mass is 375 g/mol. The van der Waals surface area contributed by atoms with Crippen molar-refractivity contribution < 1.29 is 4.92 Å². The average molecular weight is 375 g/mol. The van der Waals surface area contributed by atoms with Crippen molar-refractivity contribution in [3.05, 3.63) is 106 Å². The van der Waals surface area contributed by atoms with Gasteiger partial charge in [-0.15, -0.1) is 0 Å². The molecular formula is C23H25N3O2. The van der Waals surface area contributed by atoms with Gasteiger partial charge in [-0.1, -0.05) is 30.3 Å². The second kappa shape index (κ2) is 7.72. The van der Waals surface area contributed by atoms with Gasteiger partial charge in [0, 0.05) is 61.2 Å². The molecule has 0 spiro atoms. The molecule has 3 aromatic carbocycles. The maximum absolute atomic E-state index is 12.6. The predicted octanol–water partition coefficient (Wildman–Crippen LogP) is 4.39.